The molecule has 2 N–H and O–H groups in total. The molecule has 4 rings (SSSR count). The van der Waals surface area contributed by atoms with Gasteiger partial charge in [0.25, 0.3) is 5.91 Å². The van der Waals surface area contributed by atoms with Crippen LogP contribution in [0.4, 0.5) is 24.8 Å². The van der Waals surface area contributed by atoms with Crippen molar-refractivity contribution in [3.8, 4) is 11.1 Å². The van der Waals surface area contributed by atoms with Crippen molar-refractivity contribution in [3.63, 3.8) is 0 Å². The number of aromatic nitrogens is 3. The molecule has 178 valence electrons. The molecular weight excluding hydrogens is 471 g/mol. The third-order valence-corrected chi connectivity index (χ3v) is 6.94. The largest absolute Gasteiger partial charge is 0.433 e. The van der Waals surface area contributed by atoms with E-state index >= 15 is 0 Å². The molecule has 8 nitrogen and oxygen atoms in total. The first kappa shape index (κ1) is 23.6. The van der Waals surface area contributed by atoms with Gasteiger partial charge < -0.3 is 10.6 Å². The molecular formula is C22H20F3N5O3S. The third kappa shape index (κ3) is 5.68. The second-order valence-electron chi connectivity index (χ2n) is 7.98. The zero-order valence-electron chi connectivity index (χ0n) is 17.9. The molecule has 0 bridgehead atoms. The first-order valence-corrected chi connectivity index (χ1v) is 12.1. The Kier molecular flexibility index (Phi) is 6.26. The molecule has 1 aromatic carbocycles. The number of pyridine rings is 1. The minimum absolute atomic E-state index is 0.0551. The Morgan fingerprint density at radius 3 is 2.53 bits per heavy atom. The number of hydrogen-bond acceptors (Lipinski definition) is 7. The molecule has 34 heavy (non-hydrogen) atoms. The molecule has 0 saturated carbocycles. The van der Waals surface area contributed by atoms with Crippen LogP contribution in [0.5, 0.6) is 0 Å². The molecule has 1 unspecified atom stereocenters. The molecule has 1 atom stereocenters. The van der Waals surface area contributed by atoms with Gasteiger partial charge in [0.15, 0.2) is 9.84 Å². The Hall–Kier alpha value is -3.54. The highest BCUT2D eigenvalue weighted by molar-refractivity contribution is 7.91. The average Bonchev–Trinajstić information content (AvgIpc) is 3.11. The number of alkyl halides is 3. The second kappa shape index (κ2) is 9.01. The van der Waals surface area contributed by atoms with Crippen molar-refractivity contribution >= 4 is 27.4 Å². The van der Waals surface area contributed by atoms with Crippen LogP contribution in [0.25, 0.3) is 11.1 Å². The summed E-state index contributed by atoms with van der Waals surface area (Å²) < 4.78 is 61.9. The van der Waals surface area contributed by atoms with Gasteiger partial charge in [-0.3, -0.25) is 9.78 Å². The predicted molar refractivity (Wildman–Crippen MR) is 119 cm³/mol. The van der Waals surface area contributed by atoms with Crippen molar-refractivity contribution in [2.45, 2.75) is 25.6 Å². The van der Waals surface area contributed by atoms with Crippen molar-refractivity contribution in [1.82, 2.24) is 20.3 Å². The number of hydrogen-bond donors (Lipinski definition) is 2. The van der Waals surface area contributed by atoms with E-state index < -0.39 is 33.7 Å². The number of carbonyl (C=O) groups excluding carboxylic acids is 1. The van der Waals surface area contributed by atoms with E-state index in [-0.39, 0.29) is 23.1 Å². The van der Waals surface area contributed by atoms with Gasteiger partial charge in [0, 0.05) is 29.7 Å². The van der Waals surface area contributed by atoms with E-state index in [9.17, 15) is 26.4 Å². The van der Waals surface area contributed by atoms with Crippen LogP contribution in [-0.2, 0) is 16.0 Å². The summed E-state index contributed by atoms with van der Waals surface area (Å²) in [6, 6.07) is 8.88. The molecule has 0 aliphatic carbocycles. The summed E-state index contributed by atoms with van der Waals surface area (Å²) >= 11 is 0. The number of carbonyl (C=O) groups is 1. The van der Waals surface area contributed by atoms with E-state index in [4.69, 9.17) is 0 Å². The summed E-state index contributed by atoms with van der Waals surface area (Å²) in [6.07, 6.45) is -1.67. The van der Waals surface area contributed by atoms with Gasteiger partial charge in [-0.1, -0.05) is 12.1 Å². The maximum atomic E-state index is 12.9. The lowest BCUT2D eigenvalue weighted by Crippen LogP contribution is -2.36. The van der Waals surface area contributed by atoms with Crippen LogP contribution in [0, 0.1) is 6.92 Å². The van der Waals surface area contributed by atoms with E-state index in [1.54, 1.807) is 18.2 Å². The molecule has 1 aliphatic heterocycles. The van der Waals surface area contributed by atoms with Gasteiger partial charge in [-0.15, -0.1) is 0 Å². The Morgan fingerprint density at radius 1 is 1.09 bits per heavy atom. The zero-order chi connectivity index (χ0) is 24.5. The van der Waals surface area contributed by atoms with E-state index in [1.807, 2.05) is 13.0 Å². The normalized spacial score (nSPS) is 17.4. The maximum Gasteiger partial charge on any atom is 0.433 e. The summed E-state index contributed by atoms with van der Waals surface area (Å²) in [7, 11) is -3.11. The van der Waals surface area contributed by atoms with Crippen molar-refractivity contribution < 1.29 is 26.4 Å². The highest BCUT2D eigenvalue weighted by Gasteiger charge is 2.33. The summed E-state index contributed by atoms with van der Waals surface area (Å²) in [5, 5.41) is 5.47. The smallest absolute Gasteiger partial charge is 0.347 e. The first-order chi connectivity index (χ1) is 16.0. The monoisotopic (exact) mass is 491 g/mol. The fraction of sp³-hybridized carbons (Fsp3) is 0.273. The van der Waals surface area contributed by atoms with Crippen LogP contribution in [0.15, 0.2) is 48.8 Å². The number of amides is 1. The van der Waals surface area contributed by atoms with Crippen molar-refractivity contribution in [1.29, 1.82) is 0 Å². The van der Waals surface area contributed by atoms with E-state index in [2.05, 4.69) is 25.6 Å². The standard InChI is InChI=1S/C22H20F3N5O3S/c1-13-8-15(10-17(9-13)29-21-26-6-4-19(30-21)22(23,24)25)14-2-3-18(27-11-14)20(31)28-16-5-7-34(32,33)12-16/h2-4,6,8-11,16H,5,7,12H2,1H3,(H,28,31)(H,26,29,30). The second-order valence-corrected chi connectivity index (χ2v) is 10.2. The number of sulfone groups is 1. The number of aryl methyl sites for hydroxylation is 1. The quantitative estimate of drug-likeness (QED) is 0.561. The van der Waals surface area contributed by atoms with Crippen molar-refractivity contribution in [3.05, 3.63) is 65.7 Å². The van der Waals surface area contributed by atoms with E-state index in [1.165, 1.54) is 12.3 Å². The van der Waals surface area contributed by atoms with Crippen LogP contribution in [0.1, 0.15) is 28.2 Å². The Morgan fingerprint density at radius 2 is 1.88 bits per heavy atom. The summed E-state index contributed by atoms with van der Waals surface area (Å²) in [5.74, 6) is -0.669. The molecule has 3 heterocycles. The van der Waals surface area contributed by atoms with Gasteiger partial charge in [-0.05, 0) is 48.7 Å². The Balaban J connectivity index is 1.50. The number of nitrogens with one attached hydrogen (secondary N) is 2. The lowest BCUT2D eigenvalue weighted by atomic mass is 10.0. The molecule has 1 aliphatic rings. The average molecular weight is 491 g/mol. The highest BCUT2D eigenvalue weighted by atomic mass is 32.2. The van der Waals surface area contributed by atoms with Gasteiger partial charge in [-0.25, -0.2) is 18.4 Å². The van der Waals surface area contributed by atoms with Crippen molar-refractivity contribution in [2.24, 2.45) is 0 Å². The topological polar surface area (TPSA) is 114 Å². The SMILES string of the molecule is Cc1cc(Nc2nccc(C(F)(F)F)n2)cc(-c2ccc(C(=O)NC3CCS(=O)(=O)C3)nc2)c1. The van der Waals surface area contributed by atoms with Crippen LogP contribution < -0.4 is 10.6 Å². The molecule has 1 fully saturated rings. The molecule has 2 aromatic heterocycles. The number of rotatable bonds is 5. The highest BCUT2D eigenvalue weighted by Crippen LogP contribution is 2.29. The summed E-state index contributed by atoms with van der Waals surface area (Å²) in [6.45, 7) is 1.83. The van der Waals surface area contributed by atoms with Gasteiger partial charge >= 0.3 is 6.18 Å². The molecule has 0 radical (unpaired) electrons. The zero-order valence-corrected chi connectivity index (χ0v) is 18.7. The van der Waals surface area contributed by atoms with Crippen LogP contribution >= 0.6 is 0 Å². The first-order valence-electron chi connectivity index (χ1n) is 10.3. The van der Waals surface area contributed by atoms with Gasteiger partial charge in [0.05, 0.1) is 11.5 Å². The molecule has 0 spiro atoms. The third-order valence-electron chi connectivity index (χ3n) is 5.18. The minimum atomic E-state index is -4.58. The van der Waals surface area contributed by atoms with E-state index in [0.29, 0.717) is 17.7 Å². The number of halogens is 3. The number of anilines is 2. The van der Waals surface area contributed by atoms with E-state index in [0.717, 1.165) is 23.4 Å². The van der Waals surface area contributed by atoms with Gasteiger partial charge in [0.1, 0.15) is 11.4 Å². The van der Waals surface area contributed by atoms with Crippen LogP contribution in [0.3, 0.4) is 0 Å². The minimum Gasteiger partial charge on any atom is -0.347 e. The van der Waals surface area contributed by atoms with Gasteiger partial charge in [0.2, 0.25) is 5.95 Å². The summed E-state index contributed by atoms with van der Waals surface area (Å²) in [4.78, 5) is 23.9. The fourth-order valence-corrected chi connectivity index (χ4v) is 5.27. The molecule has 3 aromatic rings. The predicted octanol–water partition coefficient (Wildman–Crippen LogP) is 3.53. The van der Waals surface area contributed by atoms with Crippen molar-refractivity contribution in [2.75, 3.05) is 16.8 Å². The van der Waals surface area contributed by atoms with Crippen LogP contribution in [-0.4, -0.2) is 46.8 Å². The lowest BCUT2D eigenvalue weighted by molar-refractivity contribution is -0.141. The summed E-state index contributed by atoms with van der Waals surface area (Å²) in [5.41, 5.74) is 1.81. The molecule has 1 saturated heterocycles. The maximum absolute atomic E-state index is 12.9. The number of benzene rings is 1. The van der Waals surface area contributed by atoms with Gasteiger partial charge in [-0.2, -0.15) is 13.2 Å². The number of nitrogens with zero attached hydrogens (tertiary/aromatic N) is 3. The lowest BCUT2D eigenvalue weighted by Gasteiger charge is -2.12. The Labute approximate surface area is 193 Å². The molecule has 12 heteroatoms. The fourth-order valence-electron chi connectivity index (χ4n) is 3.59. The molecule has 1 amide bonds. The Bertz CT molecular complexity index is 1330. The van der Waals surface area contributed by atoms with Crippen LogP contribution in [0.2, 0.25) is 0 Å².